The first-order valence-electron chi connectivity index (χ1n) is 8.14. The predicted molar refractivity (Wildman–Crippen MR) is 83.0 cm³/mol. The van der Waals surface area contributed by atoms with Crippen molar-refractivity contribution < 1.29 is 19.1 Å². The third-order valence-corrected chi connectivity index (χ3v) is 3.91. The van der Waals surface area contributed by atoms with Gasteiger partial charge in [-0.1, -0.05) is 49.9 Å². The molecule has 0 unspecified atom stereocenters. The lowest BCUT2D eigenvalue weighted by atomic mass is 10.1. The Balaban J connectivity index is 1.98. The Bertz CT molecular complexity index is 451. The smallest absolute Gasteiger partial charge is 0.306 e. The molecule has 22 heavy (non-hydrogen) atoms. The fourth-order valence-electron chi connectivity index (χ4n) is 2.55. The van der Waals surface area contributed by atoms with Gasteiger partial charge in [-0.05, 0) is 24.0 Å². The third kappa shape index (κ3) is 5.88. The summed E-state index contributed by atoms with van der Waals surface area (Å²) in [6, 6.07) is 7.60. The van der Waals surface area contributed by atoms with Gasteiger partial charge in [0.2, 0.25) is 0 Å². The van der Waals surface area contributed by atoms with E-state index in [9.17, 15) is 9.59 Å². The van der Waals surface area contributed by atoms with Crippen molar-refractivity contribution in [3.8, 4) is 0 Å². The predicted octanol–water partition coefficient (Wildman–Crippen LogP) is 3.91. The average molecular weight is 304 g/mol. The number of hydrogen-bond acceptors (Lipinski definition) is 4. The van der Waals surface area contributed by atoms with Gasteiger partial charge < -0.3 is 9.47 Å². The number of carbonyl (C=O) groups excluding carboxylic acids is 2. The Hall–Kier alpha value is -1.84. The number of benzene rings is 1. The maximum absolute atomic E-state index is 11.7. The molecule has 0 N–H and O–H groups in total. The van der Waals surface area contributed by atoms with Crippen LogP contribution in [0.15, 0.2) is 24.3 Å². The second-order valence-corrected chi connectivity index (χ2v) is 5.71. The first-order valence-corrected chi connectivity index (χ1v) is 8.14. The first-order chi connectivity index (χ1) is 10.8. The van der Waals surface area contributed by atoms with Crippen LogP contribution < -0.4 is 0 Å². The molecule has 0 fully saturated rings. The van der Waals surface area contributed by atoms with Gasteiger partial charge in [0.25, 0.3) is 0 Å². The van der Waals surface area contributed by atoms with E-state index in [4.69, 9.17) is 9.47 Å². The summed E-state index contributed by atoms with van der Waals surface area (Å²) in [5, 5.41) is 0. The number of hydrogen-bond donors (Lipinski definition) is 0. The molecule has 0 aromatic heterocycles. The van der Waals surface area contributed by atoms with Crippen molar-refractivity contribution in [2.45, 2.75) is 64.6 Å². The summed E-state index contributed by atoms with van der Waals surface area (Å²) in [5.41, 5.74) is 1.80. The fourth-order valence-corrected chi connectivity index (χ4v) is 2.55. The van der Waals surface area contributed by atoms with Gasteiger partial charge in [0.15, 0.2) is 0 Å². The van der Waals surface area contributed by atoms with Crippen LogP contribution in [-0.4, -0.2) is 11.9 Å². The zero-order chi connectivity index (χ0) is 15.6. The van der Waals surface area contributed by atoms with E-state index < -0.39 is 0 Å². The summed E-state index contributed by atoms with van der Waals surface area (Å²) < 4.78 is 10.6. The molecule has 120 valence electrons. The van der Waals surface area contributed by atoms with Crippen LogP contribution in [0.1, 0.15) is 62.5 Å². The standard InChI is InChI=1S/C18H24O4/c19-17-11-5-3-1-2-4-6-12-18(20)22-14-16-10-8-7-9-15(16)13-21-17/h7-10H,1-6,11-14H2. The molecule has 2 rings (SSSR count). The lowest BCUT2D eigenvalue weighted by molar-refractivity contribution is -0.146. The van der Waals surface area contributed by atoms with E-state index in [0.717, 1.165) is 49.7 Å². The number of carbonyl (C=O) groups is 2. The van der Waals surface area contributed by atoms with E-state index in [-0.39, 0.29) is 25.2 Å². The molecule has 0 bridgehead atoms. The minimum Gasteiger partial charge on any atom is -0.461 e. The van der Waals surface area contributed by atoms with Crippen molar-refractivity contribution in [1.29, 1.82) is 0 Å². The van der Waals surface area contributed by atoms with Crippen LogP contribution in [0.25, 0.3) is 0 Å². The second kappa shape index (κ2) is 9.23. The quantitative estimate of drug-likeness (QED) is 0.682. The topological polar surface area (TPSA) is 52.6 Å². The minimum absolute atomic E-state index is 0.154. The van der Waals surface area contributed by atoms with E-state index in [1.165, 1.54) is 0 Å². The molecule has 0 saturated carbocycles. The van der Waals surface area contributed by atoms with Gasteiger partial charge in [-0.2, -0.15) is 0 Å². The molecule has 0 aliphatic carbocycles. The van der Waals surface area contributed by atoms with Crippen molar-refractivity contribution in [3.63, 3.8) is 0 Å². The third-order valence-electron chi connectivity index (χ3n) is 3.91. The maximum Gasteiger partial charge on any atom is 0.306 e. The maximum atomic E-state index is 11.7. The van der Waals surface area contributed by atoms with E-state index in [1.54, 1.807) is 0 Å². The van der Waals surface area contributed by atoms with Crippen molar-refractivity contribution in [3.05, 3.63) is 35.4 Å². The Morgan fingerprint density at radius 1 is 0.636 bits per heavy atom. The van der Waals surface area contributed by atoms with Crippen LogP contribution in [0.5, 0.6) is 0 Å². The van der Waals surface area contributed by atoms with Crippen LogP contribution in [0.4, 0.5) is 0 Å². The Morgan fingerprint density at radius 2 is 1.05 bits per heavy atom. The molecule has 4 heteroatoms. The van der Waals surface area contributed by atoms with Gasteiger partial charge in [-0.15, -0.1) is 0 Å². The SMILES string of the molecule is O=C1CCCCCCCCC(=O)OCc2ccccc2CO1. The molecular weight excluding hydrogens is 280 g/mol. The highest BCUT2D eigenvalue weighted by atomic mass is 16.5. The molecule has 1 heterocycles. The van der Waals surface area contributed by atoms with E-state index >= 15 is 0 Å². The Labute approximate surface area is 131 Å². The summed E-state index contributed by atoms with van der Waals surface area (Å²) >= 11 is 0. The normalized spacial score (nSPS) is 18.9. The Morgan fingerprint density at radius 3 is 1.50 bits per heavy atom. The van der Waals surface area contributed by atoms with Gasteiger partial charge in [0, 0.05) is 12.8 Å². The zero-order valence-electron chi connectivity index (χ0n) is 13.0. The Kier molecular flexibility index (Phi) is 6.94. The molecule has 0 saturated heterocycles. The van der Waals surface area contributed by atoms with Crippen molar-refractivity contribution in [2.75, 3.05) is 0 Å². The summed E-state index contributed by atoms with van der Waals surface area (Å²) in [4.78, 5) is 23.5. The highest BCUT2D eigenvalue weighted by molar-refractivity contribution is 5.69. The molecule has 1 aliphatic heterocycles. The summed E-state index contributed by atoms with van der Waals surface area (Å²) in [6.45, 7) is 0.485. The first kappa shape index (κ1) is 16.5. The molecule has 0 atom stereocenters. The molecule has 1 aliphatic rings. The molecular formula is C18H24O4. The fraction of sp³-hybridized carbons (Fsp3) is 0.556. The van der Waals surface area contributed by atoms with Crippen LogP contribution in [-0.2, 0) is 32.3 Å². The van der Waals surface area contributed by atoms with Gasteiger partial charge in [-0.3, -0.25) is 9.59 Å². The van der Waals surface area contributed by atoms with Crippen LogP contribution >= 0.6 is 0 Å². The lowest BCUT2D eigenvalue weighted by Crippen LogP contribution is -2.09. The summed E-state index contributed by atoms with van der Waals surface area (Å²) in [6.07, 6.45) is 7.00. The number of fused-ring (bicyclic) bond motifs is 1. The lowest BCUT2D eigenvalue weighted by Gasteiger charge is -2.11. The van der Waals surface area contributed by atoms with E-state index in [0.29, 0.717) is 12.8 Å². The van der Waals surface area contributed by atoms with Crippen molar-refractivity contribution >= 4 is 11.9 Å². The monoisotopic (exact) mass is 304 g/mol. The highest BCUT2D eigenvalue weighted by Crippen LogP contribution is 2.15. The van der Waals surface area contributed by atoms with E-state index in [2.05, 4.69) is 0 Å². The van der Waals surface area contributed by atoms with Crippen LogP contribution in [0.3, 0.4) is 0 Å². The van der Waals surface area contributed by atoms with Gasteiger partial charge in [-0.25, -0.2) is 0 Å². The van der Waals surface area contributed by atoms with Crippen LogP contribution in [0, 0.1) is 0 Å². The number of cyclic esters (lactones) is 2. The zero-order valence-corrected chi connectivity index (χ0v) is 13.0. The number of rotatable bonds is 0. The minimum atomic E-state index is -0.154. The van der Waals surface area contributed by atoms with Gasteiger partial charge in [0.05, 0.1) is 0 Å². The van der Waals surface area contributed by atoms with Crippen LogP contribution in [0.2, 0.25) is 0 Å². The van der Waals surface area contributed by atoms with Crippen molar-refractivity contribution in [1.82, 2.24) is 0 Å². The molecule has 0 spiro atoms. The molecule has 0 radical (unpaired) electrons. The van der Waals surface area contributed by atoms with Crippen molar-refractivity contribution in [2.24, 2.45) is 0 Å². The largest absolute Gasteiger partial charge is 0.461 e. The molecule has 4 nitrogen and oxygen atoms in total. The molecule has 1 aromatic rings. The van der Waals surface area contributed by atoms with Gasteiger partial charge >= 0.3 is 11.9 Å². The second-order valence-electron chi connectivity index (χ2n) is 5.71. The number of ether oxygens (including phenoxy) is 2. The molecule has 1 aromatic carbocycles. The summed E-state index contributed by atoms with van der Waals surface area (Å²) in [5.74, 6) is -0.308. The average Bonchev–Trinajstić information content (AvgIpc) is 2.53. The van der Waals surface area contributed by atoms with E-state index in [1.807, 2.05) is 24.3 Å². The molecule has 0 amide bonds. The highest BCUT2D eigenvalue weighted by Gasteiger charge is 2.10. The summed E-state index contributed by atoms with van der Waals surface area (Å²) in [7, 11) is 0. The number of esters is 2. The van der Waals surface area contributed by atoms with Gasteiger partial charge in [0.1, 0.15) is 13.2 Å².